The van der Waals surface area contributed by atoms with Crippen molar-refractivity contribution in [2.24, 2.45) is 5.92 Å². The van der Waals surface area contributed by atoms with Crippen LogP contribution in [0.15, 0.2) is 395 Å². The summed E-state index contributed by atoms with van der Waals surface area (Å²) in [7, 11) is 0. The van der Waals surface area contributed by atoms with Gasteiger partial charge < -0.3 is 0 Å². The van der Waals surface area contributed by atoms with Gasteiger partial charge in [0.1, 0.15) is 6.33 Å². The molecule has 0 bridgehead atoms. The summed E-state index contributed by atoms with van der Waals surface area (Å²) in [4.78, 5) is 11.1. The molecule has 13 aromatic carbocycles. The molecule has 2 aromatic heterocycles. The molecule has 0 saturated heterocycles. The Balaban J connectivity index is -0.000000258. The number of aromatic nitrogens is 3. The van der Waals surface area contributed by atoms with Crippen LogP contribution in [0.5, 0.6) is 0 Å². The number of fused-ring (bicyclic) bond motifs is 10. The quantitative estimate of drug-likeness (QED) is 0.112. The van der Waals surface area contributed by atoms with Crippen molar-refractivity contribution in [2.75, 3.05) is 0 Å². The summed E-state index contributed by atoms with van der Waals surface area (Å²) in [5.41, 5.74) is 14.5. The van der Waals surface area contributed by atoms with Gasteiger partial charge in [0.2, 0.25) is 0 Å². The van der Waals surface area contributed by atoms with Crippen LogP contribution in [-0.2, 0) is 11.8 Å². The van der Waals surface area contributed by atoms with Gasteiger partial charge in [-0.1, -0.05) is 609 Å². The first-order valence-corrected chi connectivity index (χ1v) is 51.0. The van der Waals surface area contributed by atoms with E-state index < -0.39 is 0 Å². The summed E-state index contributed by atoms with van der Waals surface area (Å²) in [5.74, 6) is 1.12. The molecule has 2 atom stereocenters. The topological polar surface area (TPSA) is 38.7 Å². The number of benzene rings is 13. The van der Waals surface area contributed by atoms with Gasteiger partial charge in [0.05, 0.1) is 0 Å². The average Bonchev–Trinajstić information content (AvgIpc) is 1.70. The SMILES string of the molecule is C1=CC2C=Cc3cccc4c3C2C(=C1)C=C4.C1=Cc2ccccc2C1.CC.CC.CC.CC.CC.CC.CC.CC.CC.CC.CC.CC.CC.CC.CC.CC.CC.CC.CC1(C)c2ccccc2-c2ccccc21.c1ccc2c(c1)ccc1ccccc12.c1ccc2cc3ccccc3cc2c1.c1ccc2ccccc2c1.c1ccccc1.c1ccncc1.c1cncnc1. The van der Waals surface area contributed by atoms with E-state index in [9.17, 15) is 0 Å². The van der Waals surface area contributed by atoms with Crippen molar-refractivity contribution < 1.29 is 0 Å². The summed E-state index contributed by atoms with van der Waals surface area (Å²) in [6.07, 6.45) is 29.7. The van der Waals surface area contributed by atoms with E-state index in [1.54, 1.807) is 30.9 Å². The minimum atomic E-state index is 0.160. The zero-order valence-corrected chi connectivity index (χ0v) is 90.4. The monoisotopic (exact) mass is 1780 g/mol. The zero-order valence-electron chi connectivity index (χ0n) is 90.4. The van der Waals surface area contributed by atoms with Crippen LogP contribution < -0.4 is 0 Å². The van der Waals surface area contributed by atoms with Crippen molar-refractivity contribution in [1.82, 2.24) is 15.0 Å². The van der Waals surface area contributed by atoms with Gasteiger partial charge in [-0.15, -0.1) is 0 Å². The summed E-state index contributed by atoms with van der Waals surface area (Å²) >= 11 is 0. The fourth-order valence-electron chi connectivity index (χ4n) is 12.9. The molecule has 0 saturated carbocycles. The van der Waals surface area contributed by atoms with Crippen molar-refractivity contribution in [3.63, 3.8) is 0 Å². The van der Waals surface area contributed by atoms with Gasteiger partial charge in [-0.05, 0) is 146 Å². The second-order valence-corrected chi connectivity index (χ2v) is 24.2. The first kappa shape index (κ1) is 133. The summed E-state index contributed by atoms with van der Waals surface area (Å²) in [6.45, 7) is 76.6. The lowest BCUT2D eigenvalue weighted by Crippen LogP contribution is -2.20. The van der Waals surface area contributed by atoms with Gasteiger partial charge in [0.15, 0.2) is 0 Å². The predicted molar refractivity (Wildman–Crippen MR) is 615 cm³/mol. The van der Waals surface area contributed by atoms with E-state index in [0.717, 1.165) is 6.42 Å². The number of rotatable bonds is 0. The Morgan fingerprint density at radius 1 is 0.242 bits per heavy atom. The highest BCUT2D eigenvalue weighted by Gasteiger charge is 2.35. The zero-order chi connectivity index (χ0) is 101. The Morgan fingerprint density at radius 2 is 0.553 bits per heavy atom. The van der Waals surface area contributed by atoms with Gasteiger partial charge >= 0.3 is 0 Å². The Morgan fingerprint density at radius 3 is 0.894 bits per heavy atom. The third kappa shape index (κ3) is 48.8. The molecule has 132 heavy (non-hydrogen) atoms. The highest BCUT2D eigenvalue weighted by molar-refractivity contribution is 6.07. The number of allylic oxidation sites excluding steroid dienone is 7. The first-order valence-electron chi connectivity index (χ1n) is 51.0. The lowest BCUT2D eigenvalue weighted by atomic mass is 9.69. The maximum Gasteiger partial charge on any atom is 0.115 e. The molecular formula is C129H185N3. The molecule has 0 N–H and O–H groups in total. The molecule has 15 aromatic rings. The molecule has 0 aliphatic heterocycles. The van der Waals surface area contributed by atoms with Crippen molar-refractivity contribution >= 4 is 72.1 Å². The molecule has 716 valence electrons. The summed E-state index contributed by atoms with van der Waals surface area (Å²) < 4.78 is 0. The molecular weight excluding hydrogens is 1590 g/mol. The third-order valence-electron chi connectivity index (χ3n) is 17.6. The first-order chi connectivity index (χ1) is 65.5. The summed E-state index contributed by atoms with van der Waals surface area (Å²) in [5, 5.41) is 13.2. The van der Waals surface area contributed by atoms with Crippen LogP contribution in [0, 0.1) is 5.92 Å². The Hall–Kier alpha value is -11.9. The van der Waals surface area contributed by atoms with Crippen molar-refractivity contribution in [2.45, 2.75) is 281 Å². The Labute approximate surface area is 813 Å². The van der Waals surface area contributed by atoms with Crippen molar-refractivity contribution in [3.8, 4) is 11.1 Å². The molecule has 5 aliphatic rings. The van der Waals surface area contributed by atoms with E-state index in [0.29, 0.717) is 11.8 Å². The maximum absolute atomic E-state index is 3.78. The molecule has 2 heterocycles. The van der Waals surface area contributed by atoms with Gasteiger partial charge in [0.25, 0.3) is 0 Å². The minimum absolute atomic E-state index is 0.160. The standard InChI is InChI=1S/C16H12.C15H14.2C14H10.C10H8.C9H8.C6H6.C5H5N.C4H4N2.18C2H6/c1-3-11-7-9-13-5-2-6-14-10-8-12(4-1)15(11)16(13)14;1-15(2)13-9-5-3-7-11(13)12-8-4-6-10-14(12)15;1-3-7-13-11(5-1)9-10-12-6-2-4-8-14(12)13;1-2-6-12-10-14-8-4-3-7-13(14)9-11(12)5-1;1-2-6-10-8-4-3-7-9(10)5-1;1-2-5-9-7-3-6-8(9)4-1;2*1-2-4-6-5-3-1;1-2-5-4-6-3-1;18*1-2/h1-11,15H;3-10H,1-2H3;2*1-10H;1-8H;1-6H,7H2;1-6H;1-5H;1-4H;18*1-2H3. The highest BCUT2D eigenvalue weighted by atomic mass is 14.8. The molecule has 20 rings (SSSR count). The third-order valence-corrected chi connectivity index (χ3v) is 17.6. The Bertz CT molecular complexity index is 4700. The molecule has 0 spiro atoms. The number of hydrogen-bond acceptors (Lipinski definition) is 3. The van der Waals surface area contributed by atoms with Gasteiger partial charge in [0, 0.05) is 42.0 Å². The van der Waals surface area contributed by atoms with E-state index in [2.05, 4.69) is 344 Å². The van der Waals surface area contributed by atoms with E-state index in [1.165, 1.54) is 116 Å². The van der Waals surface area contributed by atoms with Crippen LogP contribution in [-0.4, -0.2) is 15.0 Å². The van der Waals surface area contributed by atoms with E-state index in [-0.39, 0.29) is 5.41 Å². The number of pyridine rings is 1. The molecule has 0 amide bonds. The second kappa shape index (κ2) is 96.6. The minimum Gasteiger partial charge on any atom is -0.265 e. The Kier molecular flexibility index (Phi) is 97.5. The van der Waals surface area contributed by atoms with Gasteiger partial charge in [-0.2, -0.15) is 0 Å². The fourth-order valence-corrected chi connectivity index (χ4v) is 12.9. The van der Waals surface area contributed by atoms with Crippen LogP contribution in [0.1, 0.15) is 308 Å². The molecule has 2 unspecified atom stereocenters. The second-order valence-electron chi connectivity index (χ2n) is 24.2. The fraction of sp³-hybridized carbons (Fsp3) is 0.326. The van der Waals surface area contributed by atoms with Gasteiger partial charge in [-0.3, -0.25) is 4.98 Å². The van der Waals surface area contributed by atoms with Crippen LogP contribution in [0.25, 0.3) is 83.2 Å². The summed E-state index contributed by atoms with van der Waals surface area (Å²) in [6, 6.07) is 112. The van der Waals surface area contributed by atoms with E-state index in [4.69, 9.17) is 0 Å². The lowest BCUT2D eigenvalue weighted by molar-refractivity contribution is 0.660. The molecule has 3 nitrogen and oxygen atoms in total. The normalized spacial score (nSPS) is 11.1. The van der Waals surface area contributed by atoms with Gasteiger partial charge in [-0.25, -0.2) is 9.97 Å². The molecule has 0 fully saturated rings. The van der Waals surface area contributed by atoms with Crippen LogP contribution in [0.3, 0.4) is 0 Å². The molecule has 5 aliphatic carbocycles. The van der Waals surface area contributed by atoms with Crippen LogP contribution >= 0.6 is 0 Å². The van der Waals surface area contributed by atoms with Crippen molar-refractivity contribution in [1.29, 1.82) is 0 Å². The lowest BCUT2D eigenvalue weighted by Gasteiger charge is -2.34. The van der Waals surface area contributed by atoms with E-state index >= 15 is 0 Å². The highest BCUT2D eigenvalue weighted by Crippen LogP contribution is 2.49. The number of nitrogens with zero attached hydrogens (tertiary/aromatic N) is 3. The predicted octanol–water partition coefficient (Wildman–Crippen LogP) is 42.7. The smallest absolute Gasteiger partial charge is 0.115 e. The van der Waals surface area contributed by atoms with Crippen LogP contribution in [0.2, 0.25) is 0 Å². The van der Waals surface area contributed by atoms with Crippen LogP contribution in [0.4, 0.5) is 0 Å². The molecule has 3 heteroatoms. The number of hydrogen-bond donors (Lipinski definition) is 0. The molecule has 0 radical (unpaired) electrons. The average molecular weight is 1780 g/mol. The largest absolute Gasteiger partial charge is 0.265 e. The maximum atomic E-state index is 3.78. The van der Waals surface area contributed by atoms with E-state index in [1.807, 2.05) is 304 Å². The van der Waals surface area contributed by atoms with Crippen molar-refractivity contribution in [3.05, 3.63) is 434 Å².